The molecule has 0 aromatic carbocycles. The Morgan fingerprint density at radius 1 is 1.44 bits per heavy atom. The highest BCUT2D eigenvalue weighted by Crippen LogP contribution is 2.24. The number of hydrogen-bond acceptors (Lipinski definition) is 3. The molecule has 0 fully saturated rings. The van der Waals surface area contributed by atoms with Crippen LogP contribution in [-0.2, 0) is 6.42 Å². The summed E-state index contributed by atoms with van der Waals surface area (Å²) in [6, 6.07) is 8.59. The summed E-state index contributed by atoms with van der Waals surface area (Å²) in [6.07, 6.45) is 3.99. The minimum Gasteiger partial charge on any atom is -0.308 e. The highest BCUT2D eigenvalue weighted by molar-refractivity contribution is 9.10. The van der Waals surface area contributed by atoms with Crippen LogP contribution in [-0.4, -0.2) is 11.5 Å². The van der Waals surface area contributed by atoms with E-state index in [4.69, 9.17) is 0 Å². The Morgan fingerprint density at radius 3 is 2.94 bits per heavy atom. The molecule has 0 saturated heterocycles. The van der Waals surface area contributed by atoms with E-state index >= 15 is 0 Å². The molecule has 0 aliphatic carbocycles. The number of aromatic nitrogens is 1. The summed E-state index contributed by atoms with van der Waals surface area (Å²) in [6.45, 7) is 3.21. The summed E-state index contributed by atoms with van der Waals surface area (Å²) in [5.74, 6) is 0. The molecule has 0 saturated carbocycles. The second-order valence-electron chi connectivity index (χ2n) is 4.20. The van der Waals surface area contributed by atoms with E-state index in [0.717, 1.165) is 29.6 Å². The van der Waals surface area contributed by atoms with Gasteiger partial charge in [0, 0.05) is 27.3 Å². The third-order valence-corrected chi connectivity index (χ3v) is 4.43. The van der Waals surface area contributed by atoms with Crippen LogP contribution >= 0.6 is 27.3 Å². The molecule has 2 aromatic rings. The van der Waals surface area contributed by atoms with Crippen molar-refractivity contribution >= 4 is 27.3 Å². The van der Waals surface area contributed by atoms with Gasteiger partial charge < -0.3 is 5.32 Å². The fourth-order valence-corrected chi connectivity index (χ4v) is 3.34. The van der Waals surface area contributed by atoms with Crippen molar-refractivity contribution < 1.29 is 0 Å². The van der Waals surface area contributed by atoms with Gasteiger partial charge in [-0.2, -0.15) is 0 Å². The molecule has 96 valence electrons. The number of halogens is 1. The van der Waals surface area contributed by atoms with Gasteiger partial charge in [-0.05, 0) is 47.1 Å². The van der Waals surface area contributed by atoms with Crippen molar-refractivity contribution in [3.63, 3.8) is 0 Å². The Kier molecular flexibility index (Phi) is 5.35. The van der Waals surface area contributed by atoms with Gasteiger partial charge in [-0.1, -0.05) is 13.0 Å². The molecule has 0 bridgehead atoms. The van der Waals surface area contributed by atoms with Crippen LogP contribution in [0, 0.1) is 0 Å². The first-order valence-corrected chi connectivity index (χ1v) is 7.84. The summed E-state index contributed by atoms with van der Waals surface area (Å²) in [7, 11) is 0. The lowest BCUT2D eigenvalue weighted by Crippen LogP contribution is -2.24. The standard InChI is InChI=1S/C14H17BrN2S/c1-2-6-16-14(13-5-3-4-7-17-13)9-12-8-11(15)10-18-12/h3-5,7-8,10,14,16H,2,6,9H2,1H3. The van der Waals surface area contributed by atoms with E-state index in [9.17, 15) is 0 Å². The molecule has 18 heavy (non-hydrogen) atoms. The van der Waals surface area contributed by atoms with Gasteiger partial charge in [0.05, 0.1) is 11.7 Å². The first kappa shape index (κ1) is 13.7. The van der Waals surface area contributed by atoms with Gasteiger partial charge in [0.15, 0.2) is 0 Å². The number of rotatable bonds is 6. The van der Waals surface area contributed by atoms with Crippen LogP contribution in [0.5, 0.6) is 0 Å². The zero-order chi connectivity index (χ0) is 12.8. The Morgan fingerprint density at radius 2 is 2.33 bits per heavy atom. The molecule has 1 N–H and O–H groups in total. The normalized spacial score (nSPS) is 12.6. The second-order valence-corrected chi connectivity index (χ2v) is 6.11. The molecule has 2 rings (SSSR count). The molecule has 1 atom stereocenters. The van der Waals surface area contributed by atoms with E-state index in [2.05, 4.69) is 50.7 Å². The fraction of sp³-hybridized carbons (Fsp3) is 0.357. The second kappa shape index (κ2) is 7.02. The molecule has 4 heteroatoms. The number of pyridine rings is 1. The molecule has 2 heterocycles. The largest absolute Gasteiger partial charge is 0.308 e. The highest BCUT2D eigenvalue weighted by atomic mass is 79.9. The molecule has 2 nitrogen and oxygen atoms in total. The van der Waals surface area contributed by atoms with Crippen LogP contribution in [0.15, 0.2) is 40.3 Å². The Labute approximate surface area is 121 Å². The maximum Gasteiger partial charge on any atom is 0.0576 e. The van der Waals surface area contributed by atoms with Crippen molar-refractivity contribution in [1.29, 1.82) is 0 Å². The van der Waals surface area contributed by atoms with Crippen molar-refractivity contribution in [2.75, 3.05) is 6.54 Å². The Balaban J connectivity index is 2.10. The smallest absolute Gasteiger partial charge is 0.0576 e. The zero-order valence-electron chi connectivity index (χ0n) is 10.4. The van der Waals surface area contributed by atoms with E-state index in [1.807, 2.05) is 18.3 Å². The minimum atomic E-state index is 0.302. The number of thiophene rings is 1. The van der Waals surface area contributed by atoms with Crippen molar-refractivity contribution in [2.45, 2.75) is 25.8 Å². The van der Waals surface area contributed by atoms with Crippen molar-refractivity contribution in [2.24, 2.45) is 0 Å². The summed E-state index contributed by atoms with van der Waals surface area (Å²) in [5.41, 5.74) is 1.12. The average molecular weight is 325 g/mol. The van der Waals surface area contributed by atoms with Gasteiger partial charge >= 0.3 is 0 Å². The molecular formula is C14H17BrN2S. The van der Waals surface area contributed by atoms with Crippen LogP contribution < -0.4 is 5.32 Å². The third-order valence-electron chi connectivity index (χ3n) is 2.71. The average Bonchev–Trinajstić information content (AvgIpc) is 2.81. The van der Waals surface area contributed by atoms with E-state index < -0.39 is 0 Å². The topological polar surface area (TPSA) is 24.9 Å². The fourth-order valence-electron chi connectivity index (χ4n) is 1.84. The predicted octanol–water partition coefficient (Wildman–Crippen LogP) is 4.19. The lowest BCUT2D eigenvalue weighted by atomic mass is 10.1. The van der Waals surface area contributed by atoms with Crippen molar-refractivity contribution in [3.8, 4) is 0 Å². The summed E-state index contributed by atoms with van der Waals surface area (Å²) >= 11 is 5.30. The molecule has 0 aliphatic heterocycles. The summed E-state index contributed by atoms with van der Waals surface area (Å²) < 4.78 is 1.16. The molecular weight excluding hydrogens is 308 g/mol. The van der Waals surface area contributed by atoms with Gasteiger partial charge in [-0.3, -0.25) is 4.98 Å². The van der Waals surface area contributed by atoms with Crippen LogP contribution in [0.1, 0.15) is 30.0 Å². The molecule has 0 aliphatic rings. The third kappa shape index (κ3) is 3.90. The van der Waals surface area contributed by atoms with E-state index in [-0.39, 0.29) is 0 Å². The van der Waals surface area contributed by atoms with Gasteiger partial charge in [0.25, 0.3) is 0 Å². The number of hydrogen-bond donors (Lipinski definition) is 1. The highest BCUT2D eigenvalue weighted by Gasteiger charge is 2.13. The predicted molar refractivity (Wildman–Crippen MR) is 81.0 cm³/mol. The van der Waals surface area contributed by atoms with Crippen LogP contribution in [0.2, 0.25) is 0 Å². The summed E-state index contributed by atoms with van der Waals surface area (Å²) in [4.78, 5) is 5.84. The molecule has 1 unspecified atom stereocenters. The van der Waals surface area contributed by atoms with Gasteiger partial charge in [0.1, 0.15) is 0 Å². The van der Waals surface area contributed by atoms with Crippen LogP contribution in [0.4, 0.5) is 0 Å². The van der Waals surface area contributed by atoms with E-state index in [0.29, 0.717) is 6.04 Å². The number of nitrogens with one attached hydrogen (secondary N) is 1. The van der Waals surface area contributed by atoms with Crippen LogP contribution in [0.3, 0.4) is 0 Å². The SMILES string of the molecule is CCCNC(Cc1cc(Br)cs1)c1ccccn1. The molecule has 0 spiro atoms. The maximum atomic E-state index is 4.47. The van der Waals surface area contributed by atoms with E-state index in [1.165, 1.54) is 4.88 Å². The summed E-state index contributed by atoms with van der Waals surface area (Å²) in [5, 5.41) is 5.70. The maximum absolute atomic E-state index is 4.47. The van der Waals surface area contributed by atoms with Crippen molar-refractivity contribution in [3.05, 3.63) is 50.9 Å². The molecule has 2 aromatic heterocycles. The molecule has 0 radical (unpaired) electrons. The number of nitrogens with zero attached hydrogens (tertiary/aromatic N) is 1. The molecule has 0 amide bonds. The zero-order valence-corrected chi connectivity index (χ0v) is 12.8. The van der Waals surface area contributed by atoms with E-state index in [1.54, 1.807) is 11.3 Å². The lowest BCUT2D eigenvalue weighted by molar-refractivity contribution is 0.521. The van der Waals surface area contributed by atoms with Gasteiger partial charge in [-0.15, -0.1) is 11.3 Å². The van der Waals surface area contributed by atoms with Crippen LogP contribution in [0.25, 0.3) is 0 Å². The monoisotopic (exact) mass is 324 g/mol. The Bertz CT molecular complexity index is 470. The Hall–Kier alpha value is -0.710. The van der Waals surface area contributed by atoms with Crippen molar-refractivity contribution in [1.82, 2.24) is 10.3 Å². The first-order chi connectivity index (χ1) is 8.79. The minimum absolute atomic E-state index is 0.302. The van der Waals surface area contributed by atoms with Gasteiger partial charge in [0.2, 0.25) is 0 Å². The lowest BCUT2D eigenvalue weighted by Gasteiger charge is -2.17. The van der Waals surface area contributed by atoms with Gasteiger partial charge in [-0.25, -0.2) is 0 Å². The first-order valence-electron chi connectivity index (χ1n) is 6.17. The quantitative estimate of drug-likeness (QED) is 0.861.